The van der Waals surface area contributed by atoms with Crippen molar-refractivity contribution in [3.05, 3.63) is 87.9 Å². The fraction of sp³-hybridized carbons (Fsp3) is 0.158. The Bertz CT molecular complexity index is 891. The van der Waals surface area contributed by atoms with Gasteiger partial charge in [-0.25, -0.2) is 4.39 Å². The molecule has 0 bridgehead atoms. The Morgan fingerprint density at radius 2 is 1.75 bits per heavy atom. The molecule has 1 aliphatic rings. The third-order valence-electron chi connectivity index (χ3n) is 4.46. The van der Waals surface area contributed by atoms with Gasteiger partial charge in [-0.3, -0.25) is 0 Å². The van der Waals surface area contributed by atoms with Crippen LogP contribution in [-0.4, -0.2) is 11.1 Å². The number of hydrogen-bond acceptors (Lipinski definition) is 1. The van der Waals surface area contributed by atoms with E-state index in [0.29, 0.717) is 22.3 Å². The van der Waals surface area contributed by atoms with Crippen molar-refractivity contribution in [3.8, 4) is 0 Å². The average Bonchev–Trinajstić information content (AvgIpc) is 3.06. The number of nitrogens with zero attached hydrogens (tertiary/aromatic N) is 2. The number of benzene rings is 2. The van der Waals surface area contributed by atoms with E-state index in [1.807, 2.05) is 30.3 Å². The second kappa shape index (κ2) is 6.15. The molecule has 2 heterocycles. The summed E-state index contributed by atoms with van der Waals surface area (Å²) in [6.45, 7) is 1.53. The van der Waals surface area contributed by atoms with Crippen molar-refractivity contribution in [1.82, 2.24) is 4.57 Å². The molecule has 1 atom stereocenters. The van der Waals surface area contributed by atoms with Crippen LogP contribution in [-0.2, 0) is 6.54 Å². The maximum absolute atomic E-state index is 14.4. The Balaban J connectivity index is 1.87. The van der Waals surface area contributed by atoms with E-state index in [1.165, 1.54) is 6.07 Å². The standard InChI is InChI=1S/C19H15Cl2FN2/c20-14-8-7-13(12-15(14)21)19-18-6-3-9-23(18)10-11-24(19)17-5-2-1-4-16(17)22/h1-9,12,19H,10-11H2. The van der Waals surface area contributed by atoms with Gasteiger partial charge in [0.2, 0.25) is 0 Å². The minimum Gasteiger partial charge on any atom is -0.355 e. The molecule has 0 radical (unpaired) electrons. The Morgan fingerprint density at radius 1 is 0.917 bits per heavy atom. The Morgan fingerprint density at radius 3 is 2.54 bits per heavy atom. The molecule has 0 fully saturated rings. The Kier molecular flexibility index (Phi) is 3.99. The first-order valence-electron chi connectivity index (χ1n) is 7.76. The van der Waals surface area contributed by atoms with Gasteiger partial charge in [-0.2, -0.15) is 0 Å². The molecule has 122 valence electrons. The first-order chi connectivity index (χ1) is 11.6. The molecule has 0 aliphatic carbocycles. The van der Waals surface area contributed by atoms with E-state index in [1.54, 1.807) is 12.1 Å². The first-order valence-corrected chi connectivity index (χ1v) is 8.52. The quantitative estimate of drug-likeness (QED) is 0.582. The number of halogens is 3. The summed E-state index contributed by atoms with van der Waals surface area (Å²) >= 11 is 12.3. The summed E-state index contributed by atoms with van der Waals surface area (Å²) in [5.41, 5.74) is 2.70. The highest BCUT2D eigenvalue weighted by Crippen LogP contribution is 2.38. The number of rotatable bonds is 2. The lowest BCUT2D eigenvalue weighted by Gasteiger charge is -2.39. The predicted octanol–water partition coefficient (Wildman–Crippen LogP) is 5.54. The number of hydrogen-bond donors (Lipinski definition) is 0. The van der Waals surface area contributed by atoms with Crippen LogP contribution < -0.4 is 4.90 Å². The van der Waals surface area contributed by atoms with E-state index in [0.717, 1.165) is 17.8 Å². The first kappa shape index (κ1) is 15.6. The molecule has 1 unspecified atom stereocenters. The van der Waals surface area contributed by atoms with Crippen LogP contribution in [0.4, 0.5) is 10.1 Å². The van der Waals surface area contributed by atoms with Gasteiger partial charge in [0.25, 0.3) is 0 Å². The molecule has 2 aromatic carbocycles. The maximum Gasteiger partial charge on any atom is 0.146 e. The summed E-state index contributed by atoms with van der Waals surface area (Å²) in [5.74, 6) is -0.220. The lowest BCUT2D eigenvalue weighted by Crippen LogP contribution is -2.39. The minimum atomic E-state index is -0.220. The van der Waals surface area contributed by atoms with E-state index >= 15 is 0 Å². The van der Waals surface area contributed by atoms with Crippen LogP contribution in [0.5, 0.6) is 0 Å². The van der Waals surface area contributed by atoms with Crippen molar-refractivity contribution in [2.75, 3.05) is 11.4 Å². The summed E-state index contributed by atoms with van der Waals surface area (Å²) in [6.07, 6.45) is 2.05. The largest absolute Gasteiger partial charge is 0.355 e. The van der Waals surface area contributed by atoms with Gasteiger partial charge in [-0.1, -0.05) is 41.4 Å². The summed E-state index contributed by atoms with van der Waals surface area (Å²) in [6, 6.07) is 16.5. The average molecular weight is 361 g/mol. The van der Waals surface area contributed by atoms with Crippen LogP contribution >= 0.6 is 23.2 Å². The number of anilines is 1. The number of fused-ring (bicyclic) bond motifs is 1. The van der Waals surface area contributed by atoms with Crippen LogP contribution in [0, 0.1) is 5.82 Å². The number of aromatic nitrogens is 1. The SMILES string of the molecule is Fc1ccccc1N1CCn2cccc2C1c1ccc(Cl)c(Cl)c1. The van der Waals surface area contributed by atoms with Crippen LogP contribution in [0.2, 0.25) is 10.0 Å². The van der Waals surface area contributed by atoms with Crippen molar-refractivity contribution in [2.45, 2.75) is 12.6 Å². The molecule has 4 rings (SSSR count). The smallest absolute Gasteiger partial charge is 0.146 e. The summed E-state index contributed by atoms with van der Waals surface area (Å²) in [4.78, 5) is 2.09. The molecule has 3 aromatic rings. The van der Waals surface area contributed by atoms with E-state index in [2.05, 4.69) is 21.7 Å². The molecule has 24 heavy (non-hydrogen) atoms. The fourth-order valence-corrected chi connectivity index (χ4v) is 3.67. The second-order valence-electron chi connectivity index (χ2n) is 5.85. The Hall–Kier alpha value is -1.97. The molecule has 2 nitrogen and oxygen atoms in total. The zero-order chi connectivity index (χ0) is 16.7. The molecule has 1 aromatic heterocycles. The maximum atomic E-state index is 14.4. The lowest BCUT2D eigenvalue weighted by molar-refractivity contribution is 0.515. The normalized spacial score (nSPS) is 17.0. The zero-order valence-electron chi connectivity index (χ0n) is 12.8. The molecule has 0 saturated carbocycles. The van der Waals surface area contributed by atoms with Gasteiger partial charge in [-0.05, 0) is 42.0 Å². The highest BCUT2D eigenvalue weighted by atomic mass is 35.5. The highest BCUT2D eigenvalue weighted by molar-refractivity contribution is 6.42. The minimum absolute atomic E-state index is 0.111. The van der Waals surface area contributed by atoms with Crippen LogP contribution in [0.1, 0.15) is 17.3 Å². The molecule has 0 spiro atoms. The van der Waals surface area contributed by atoms with E-state index in [-0.39, 0.29) is 11.9 Å². The van der Waals surface area contributed by atoms with Gasteiger partial charge < -0.3 is 9.47 Å². The summed E-state index contributed by atoms with van der Waals surface area (Å²) in [7, 11) is 0. The highest BCUT2D eigenvalue weighted by Gasteiger charge is 2.30. The molecule has 0 saturated heterocycles. The molecular weight excluding hydrogens is 346 g/mol. The van der Waals surface area contributed by atoms with Gasteiger partial charge >= 0.3 is 0 Å². The second-order valence-corrected chi connectivity index (χ2v) is 6.66. The van der Waals surface area contributed by atoms with Crippen molar-refractivity contribution in [1.29, 1.82) is 0 Å². The van der Waals surface area contributed by atoms with Crippen LogP contribution in [0.3, 0.4) is 0 Å². The van der Waals surface area contributed by atoms with Gasteiger partial charge in [0.1, 0.15) is 5.82 Å². The molecule has 0 amide bonds. The molecule has 1 aliphatic heterocycles. The zero-order valence-corrected chi connectivity index (χ0v) is 14.3. The van der Waals surface area contributed by atoms with Gasteiger partial charge in [0.15, 0.2) is 0 Å². The summed E-state index contributed by atoms with van der Waals surface area (Å²) < 4.78 is 16.6. The van der Waals surface area contributed by atoms with E-state index in [9.17, 15) is 4.39 Å². The fourth-order valence-electron chi connectivity index (χ4n) is 3.36. The van der Waals surface area contributed by atoms with E-state index < -0.39 is 0 Å². The van der Waals surface area contributed by atoms with Crippen molar-refractivity contribution >= 4 is 28.9 Å². The van der Waals surface area contributed by atoms with Crippen molar-refractivity contribution < 1.29 is 4.39 Å². The van der Waals surface area contributed by atoms with Crippen molar-refractivity contribution in [3.63, 3.8) is 0 Å². The topological polar surface area (TPSA) is 8.17 Å². The molecule has 5 heteroatoms. The van der Waals surface area contributed by atoms with Gasteiger partial charge in [0.05, 0.1) is 21.8 Å². The van der Waals surface area contributed by atoms with E-state index in [4.69, 9.17) is 23.2 Å². The third kappa shape index (κ3) is 2.58. The number of para-hydroxylation sites is 1. The van der Waals surface area contributed by atoms with Crippen LogP contribution in [0.25, 0.3) is 0 Å². The predicted molar refractivity (Wildman–Crippen MR) is 96.5 cm³/mol. The van der Waals surface area contributed by atoms with Crippen molar-refractivity contribution in [2.24, 2.45) is 0 Å². The Labute approximate surface area is 150 Å². The monoisotopic (exact) mass is 360 g/mol. The molecule has 0 N–H and O–H groups in total. The lowest BCUT2D eigenvalue weighted by atomic mass is 9.99. The van der Waals surface area contributed by atoms with Gasteiger partial charge in [-0.15, -0.1) is 0 Å². The third-order valence-corrected chi connectivity index (χ3v) is 5.20. The van der Waals surface area contributed by atoms with Gasteiger partial charge in [0, 0.05) is 25.0 Å². The molecular formula is C19H15Cl2FN2. The summed E-state index contributed by atoms with van der Waals surface area (Å²) in [5, 5.41) is 1.02. The van der Waals surface area contributed by atoms with Crippen LogP contribution in [0.15, 0.2) is 60.8 Å².